The highest BCUT2D eigenvalue weighted by atomic mass is 16.2. The third-order valence-electron chi connectivity index (χ3n) is 5.78. The smallest absolute Gasteiger partial charge is 0.244 e. The first kappa shape index (κ1) is 15.8. The van der Waals surface area contributed by atoms with Gasteiger partial charge in [0.15, 0.2) is 0 Å². The molecular formula is C17H32N2O. The van der Waals surface area contributed by atoms with Crippen molar-refractivity contribution >= 4 is 5.91 Å². The molecule has 1 aliphatic carbocycles. The fraction of sp³-hybridized carbons (Fsp3) is 0.941. The summed E-state index contributed by atoms with van der Waals surface area (Å²) in [4.78, 5) is 15.1. The molecule has 116 valence electrons. The highest BCUT2D eigenvalue weighted by Gasteiger charge is 2.50. The lowest BCUT2D eigenvalue weighted by molar-refractivity contribution is -0.136. The number of carbonyl (C=O) groups is 1. The lowest BCUT2D eigenvalue weighted by atomic mass is 9.78. The van der Waals surface area contributed by atoms with E-state index in [0.29, 0.717) is 17.9 Å². The molecule has 1 saturated heterocycles. The second-order valence-electron chi connectivity index (χ2n) is 7.65. The molecule has 0 bridgehead atoms. The Kier molecular flexibility index (Phi) is 4.48. The molecule has 0 aromatic rings. The first-order chi connectivity index (χ1) is 9.30. The third-order valence-corrected chi connectivity index (χ3v) is 5.78. The highest BCUT2D eigenvalue weighted by Crippen LogP contribution is 2.37. The predicted molar refractivity (Wildman–Crippen MR) is 83.3 cm³/mol. The first-order valence-electron chi connectivity index (χ1n) is 8.40. The maximum atomic E-state index is 12.9. The Hall–Kier alpha value is -0.570. The monoisotopic (exact) mass is 280 g/mol. The van der Waals surface area contributed by atoms with Gasteiger partial charge >= 0.3 is 0 Å². The third kappa shape index (κ3) is 2.61. The number of hydrogen-bond acceptors (Lipinski definition) is 2. The molecule has 0 aromatic heterocycles. The van der Waals surface area contributed by atoms with Crippen LogP contribution in [-0.2, 0) is 4.79 Å². The van der Waals surface area contributed by atoms with E-state index in [4.69, 9.17) is 0 Å². The zero-order valence-electron chi connectivity index (χ0n) is 14.1. The summed E-state index contributed by atoms with van der Waals surface area (Å²) < 4.78 is 0. The van der Waals surface area contributed by atoms with E-state index in [1.807, 2.05) is 0 Å². The lowest BCUT2D eigenvalue weighted by Crippen LogP contribution is -2.49. The van der Waals surface area contributed by atoms with Crippen molar-refractivity contribution in [3.05, 3.63) is 0 Å². The molecular weight excluding hydrogens is 248 g/mol. The van der Waals surface area contributed by atoms with Crippen molar-refractivity contribution in [2.24, 2.45) is 17.8 Å². The molecule has 0 spiro atoms. The second-order valence-corrected chi connectivity index (χ2v) is 7.65. The second kappa shape index (κ2) is 5.67. The standard InChI is InChI=1S/C17H32N2O/c1-7-17(6)16(20)19(15(18-17)11(2)3)14-9-8-12(4)13(5)10-14/h11-15,18H,7-10H2,1-6H3. The van der Waals surface area contributed by atoms with Crippen LogP contribution < -0.4 is 5.32 Å². The average Bonchev–Trinajstić information content (AvgIpc) is 2.67. The van der Waals surface area contributed by atoms with Crippen molar-refractivity contribution in [2.75, 3.05) is 0 Å². The number of rotatable bonds is 3. The van der Waals surface area contributed by atoms with E-state index in [0.717, 1.165) is 24.7 Å². The molecule has 1 N–H and O–H groups in total. The van der Waals surface area contributed by atoms with E-state index in [-0.39, 0.29) is 11.7 Å². The van der Waals surface area contributed by atoms with Crippen LogP contribution in [-0.4, -0.2) is 28.6 Å². The van der Waals surface area contributed by atoms with Crippen LogP contribution in [0.25, 0.3) is 0 Å². The fourth-order valence-corrected chi connectivity index (χ4v) is 3.77. The van der Waals surface area contributed by atoms with Gasteiger partial charge in [0.1, 0.15) is 0 Å². The summed E-state index contributed by atoms with van der Waals surface area (Å²) in [6, 6.07) is 0.432. The van der Waals surface area contributed by atoms with Crippen LogP contribution in [0.2, 0.25) is 0 Å². The molecule has 2 fully saturated rings. The summed E-state index contributed by atoms with van der Waals surface area (Å²) in [7, 11) is 0. The van der Waals surface area contributed by atoms with Crippen LogP contribution in [0, 0.1) is 17.8 Å². The highest BCUT2D eigenvalue weighted by molar-refractivity contribution is 5.88. The van der Waals surface area contributed by atoms with Gasteiger partial charge < -0.3 is 4.90 Å². The number of carbonyl (C=O) groups excluding carboxylic acids is 1. The Bertz CT molecular complexity index is 368. The molecule has 0 aromatic carbocycles. The molecule has 0 radical (unpaired) electrons. The van der Waals surface area contributed by atoms with Crippen LogP contribution in [0.15, 0.2) is 0 Å². The van der Waals surface area contributed by atoms with E-state index in [9.17, 15) is 4.79 Å². The molecule has 2 rings (SSSR count). The zero-order valence-corrected chi connectivity index (χ0v) is 14.1. The van der Waals surface area contributed by atoms with Crippen molar-refractivity contribution in [1.29, 1.82) is 0 Å². The van der Waals surface area contributed by atoms with Gasteiger partial charge in [-0.15, -0.1) is 0 Å². The van der Waals surface area contributed by atoms with Crippen molar-refractivity contribution < 1.29 is 4.79 Å². The molecule has 1 aliphatic heterocycles. The Morgan fingerprint density at radius 3 is 2.45 bits per heavy atom. The minimum Gasteiger partial charge on any atom is -0.322 e. The Balaban J connectivity index is 2.21. The van der Waals surface area contributed by atoms with Gasteiger partial charge in [-0.25, -0.2) is 0 Å². The summed E-state index contributed by atoms with van der Waals surface area (Å²) >= 11 is 0. The maximum absolute atomic E-state index is 12.9. The molecule has 2 aliphatic rings. The van der Waals surface area contributed by atoms with E-state index in [1.165, 1.54) is 12.8 Å². The molecule has 1 saturated carbocycles. The van der Waals surface area contributed by atoms with Gasteiger partial charge in [-0.3, -0.25) is 10.1 Å². The quantitative estimate of drug-likeness (QED) is 0.859. The summed E-state index contributed by atoms with van der Waals surface area (Å²) in [6.45, 7) is 13.3. The molecule has 3 nitrogen and oxygen atoms in total. The number of nitrogens with one attached hydrogen (secondary N) is 1. The van der Waals surface area contributed by atoms with Gasteiger partial charge in [-0.05, 0) is 50.4 Å². The van der Waals surface area contributed by atoms with Crippen molar-refractivity contribution in [1.82, 2.24) is 10.2 Å². The average molecular weight is 280 g/mol. The summed E-state index contributed by atoms with van der Waals surface area (Å²) in [5.41, 5.74) is -0.360. The van der Waals surface area contributed by atoms with Gasteiger partial charge in [0.2, 0.25) is 5.91 Å². The van der Waals surface area contributed by atoms with E-state index < -0.39 is 0 Å². The maximum Gasteiger partial charge on any atom is 0.244 e. The molecule has 1 heterocycles. The molecule has 1 amide bonds. The van der Waals surface area contributed by atoms with Crippen LogP contribution >= 0.6 is 0 Å². The normalized spacial score (nSPS) is 42.5. The fourth-order valence-electron chi connectivity index (χ4n) is 3.77. The van der Waals surface area contributed by atoms with Gasteiger partial charge in [-0.1, -0.05) is 34.6 Å². The number of hydrogen-bond donors (Lipinski definition) is 1. The van der Waals surface area contributed by atoms with Crippen LogP contribution in [0.5, 0.6) is 0 Å². The summed E-state index contributed by atoms with van der Waals surface area (Å²) in [6.07, 6.45) is 4.66. The van der Waals surface area contributed by atoms with Crippen LogP contribution in [0.3, 0.4) is 0 Å². The van der Waals surface area contributed by atoms with Crippen LogP contribution in [0.4, 0.5) is 0 Å². The van der Waals surface area contributed by atoms with Gasteiger partial charge in [0.05, 0.1) is 11.7 Å². The van der Waals surface area contributed by atoms with E-state index in [2.05, 4.69) is 51.8 Å². The van der Waals surface area contributed by atoms with E-state index >= 15 is 0 Å². The lowest BCUT2D eigenvalue weighted by Gasteiger charge is -2.41. The van der Waals surface area contributed by atoms with E-state index in [1.54, 1.807) is 0 Å². The van der Waals surface area contributed by atoms with Crippen molar-refractivity contribution in [3.8, 4) is 0 Å². The zero-order chi connectivity index (χ0) is 15.1. The minimum atomic E-state index is -0.360. The SMILES string of the molecule is CCC1(C)NC(C(C)C)N(C2CCC(C)C(C)C2)C1=O. The Morgan fingerprint density at radius 1 is 1.30 bits per heavy atom. The molecule has 5 unspecified atom stereocenters. The summed E-state index contributed by atoms with van der Waals surface area (Å²) in [5, 5.41) is 3.62. The minimum absolute atomic E-state index is 0.207. The topological polar surface area (TPSA) is 32.3 Å². The van der Waals surface area contributed by atoms with Gasteiger partial charge in [-0.2, -0.15) is 0 Å². The van der Waals surface area contributed by atoms with Gasteiger partial charge in [0, 0.05) is 6.04 Å². The number of amides is 1. The molecule has 20 heavy (non-hydrogen) atoms. The largest absolute Gasteiger partial charge is 0.322 e. The number of nitrogens with zero attached hydrogens (tertiary/aromatic N) is 1. The molecule has 3 heteroatoms. The van der Waals surface area contributed by atoms with Crippen molar-refractivity contribution in [2.45, 2.75) is 85.0 Å². The Morgan fingerprint density at radius 2 is 1.95 bits per heavy atom. The molecule has 5 atom stereocenters. The van der Waals surface area contributed by atoms with Gasteiger partial charge in [0.25, 0.3) is 0 Å². The first-order valence-corrected chi connectivity index (χ1v) is 8.40. The Labute approximate surface area is 124 Å². The predicted octanol–water partition coefficient (Wildman–Crippen LogP) is 3.39. The summed E-state index contributed by atoms with van der Waals surface area (Å²) in [5.74, 6) is 2.31. The van der Waals surface area contributed by atoms with Crippen LogP contribution in [0.1, 0.15) is 67.2 Å². The van der Waals surface area contributed by atoms with Crippen molar-refractivity contribution in [3.63, 3.8) is 0 Å².